The zero-order valence-corrected chi connectivity index (χ0v) is 24.5. The van der Waals surface area contributed by atoms with Gasteiger partial charge < -0.3 is 20.2 Å². The molecule has 0 radical (unpaired) electrons. The number of nitrogens with one attached hydrogen (secondary N) is 1. The number of carboxylic acid groups (broad SMARTS) is 1. The number of halogens is 2. The standard InChI is InChI=1S/C23H27ClN2O.C9H10ClNO2/c1-17(27)25-23(20-5-3-2-4-6-20)11-13-26(14-12-23)16-19-15-22(19)18-7-9-21(24)10-8-18;1-11(9(12)13)6-7-4-2-3-5-8(7)10/h2-10,19,22H,11-16H2,1H3,(H,25,27);2-5H,6H2,1H3,(H,12,13)/t19-,22+;/m0./s1. The van der Waals surface area contributed by atoms with Crippen molar-refractivity contribution in [3.63, 3.8) is 0 Å². The van der Waals surface area contributed by atoms with Gasteiger partial charge in [-0.25, -0.2) is 4.79 Å². The van der Waals surface area contributed by atoms with Crippen LogP contribution in [0.15, 0.2) is 78.9 Å². The first-order valence-corrected chi connectivity index (χ1v) is 14.4. The van der Waals surface area contributed by atoms with Crippen molar-refractivity contribution in [3.8, 4) is 0 Å². The minimum absolute atomic E-state index is 0.0531. The van der Waals surface area contributed by atoms with E-state index in [1.54, 1.807) is 13.0 Å². The molecule has 1 saturated carbocycles. The summed E-state index contributed by atoms with van der Waals surface area (Å²) in [5.74, 6) is 1.48. The van der Waals surface area contributed by atoms with Gasteiger partial charge in [0, 0.05) is 43.7 Å². The van der Waals surface area contributed by atoms with Gasteiger partial charge in [0.05, 0.1) is 12.1 Å². The summed E-state index contributed by atoms with van der Waals surface area (Å²) in [4.78, 5) is 26.1. The van der Waals surface area contributed by atoms with Crippen LogP contribution >= 0.6 is 23.2 Å². The van der Waals surface area contributed by atoms with Crippen LogP contribution in [0.4, 0.5) is 4.79 Å². The first kappa shape index (κ1) is 29.9. The zero-order chi connectivity index (χ0) is 28.7. The highest BCUT2D eigenvalue weighted by Gasteiger charge is 2.42. The molecular weight excluding hydrogens is 545 g/mol. The van der Waals surface area contributed by atoms with Crippen molar-refractivity contribution >= 4 is 35.2 Å². The van der Waals surface area contributed by atoms with E-state index in [-0.39, 0.29) is 11.4 Å². The highest BCUT2D eigenvalue weighted by molar-refractivity contribution is 6.31. The van der Waals surface area contributed by atoms with Crippen molar-refractivity contribution in [3.05, 3.63) is 106 Å². The Morgan fingerprint density at radius 2 is 1.60 bits per heavy atom. The number of hydrogen-bond donors (Lipinski definition) is 2. The summed E-state index contributed by atoms with van der Waals surface area (Å²) in [6.07, 6.45) is 2.25. The molecule has 3 aromatic rings. The van der Waals surface area contributed by atoms with E-state index in [1.165, 1.54) is 29.5 Å². The lowest BCUT2D eigenvalue weighted by Gasteiger charge is -2.43. The van der Waals surface area contributed by atoms with E-state index in [0.29, 0.717) is 17.5 Å². The van der Waals surface area contributed by atoms with Gasteiger partial charge in [0.15, 0.2) is 0 Å². The van der Waals surface area contributed by atoms with Crippen LogP contribution in [0.1, 0.15) is 48.8 Å². The van der Waals surface area contributed by atoms with E-state index in [1.807, 2.05) is 36.4 Å². The SMILES string of the molecule is CC(=O)NC1(c2ccccc2)CCN(C[C@@H]2C[C@@H]2c2ccc(Cl)cc2)CC1.CN(Cc1ccccc1Cl)C(=O)O. The molecule has 2 atom stereocenters. The monoisotopic (exact) mass is 581 g/mol. The fourth-order valence-corrected chi connectivity index (χ4v) is 5.87. The van der Waals surface area contributed by atoms with Crippen molar-refractivity contribution in [2.24, 2.45) is 5.92 Å². The summed E-state index contributed by atoms with van der Waals surface area (Å²) >= 11 is 11.9. The maximum Gasteiger partial charge on any atom is 0.407 e. The van der Waals surface area contributed by atoms with Gasteiger partial charge in [0.1, 0.15) is 0 Å². The first-order valence-electron chi connectivity index (χ1n) is 13.7. The molecule has 5 rings (SSSR count). The molecule has 0 spiro atoms. The largest absolute Gasteiger partial charge is 0.465 e. The number of carbonyl (C=O) groups excluding carboxylic acids is 1. The smallest absolute Gasteiger partial charge is 0.407 e. The van der Waals surface area contributed by atoms with Crippen molar-refractivity contribution < 1.29 is 14.7 Å². The number of benzene rings is 3. The molecule has 1 heterocycles. The Kier molecular flexibility index (Phi) is 10.1. The fourth-order valence-electron chi connectivity index (χ4n) is 5.55. The Balaban J connectivity index is 0.000000240. The third kappa shape index (κ3) is 8.00. The number of hydrogen-bond acceptors (Lipinski definition) is 3. The minimum Gasteiger partial charge on any atom is -0.465 e. The molecule has 1 aliphatic carbocycles. The summed E-state index contributed by atoms with van der Waals surface area (Å²) in [6, 6.07) is 26.0. The molecule has 2 N–H and O–H groups in total. The van der Waals surface area contributed by atoms with Gasteiger partial charge in [-0.3, -0.25) is 4.79 Å². The van der Waals surface area contributed by atoms with Gasteiger partial charge in [0.25, 0.3) is 0 Å². The molecule has 1 aliphatic heterocycles. The van der Waals surface area contributed by atoms with Crippen molar-refractivity contribution in [1.82, 2.24) is 15.1 Å². The third-order valence-electron chi connectivity index (χ3n) is 7.86. The predicted octanol–water partition coefficient (Wildman–Crippen LogP) is 7.02. The lowest BCUT2D eigenvalue weighted by atomic mass is 9.80. The van der Waals surface area contributed by atoms with Crippen molar-refractivity contribution in [1.29, 1.82) is 0 Å². The molecule has 0 bridgehead atoms. The molecule has 40 heavy (non-hydrogen) atoms. The van der Waals surface area contributed by atoms with Crippen LogP contribution in [-0.4, -0.2) is 53.6 Å². The number of amides is 2. The minimum atomic E-state index is -0.958. The average Bonchev–Trinajstić information content (AvgIpc) is 3.71. The summed E-state index contributed by atoms with van der Waals surface area (Å²) in [6.45, 7) is 5.14. The summed E-state index contributed by atoms with van der Waals surface area (Å²) in [7, 11) is 1.51. The topological polar surface area (TPSA) is 72.9 Å². The molecule has 6 nitrogen and oxygen atoms in total. The van der Waals surface area contributed by atoms with E-state index in [0.717, 1.165) is 49.0 Å². The lowest BCUT2D eigenvalue weighted by molar-refractivity contribution is -0.121. The van der Waals surface area contributed by atoms with Gasteiger partial charge in [-0.05, 0) is 66.0 Å². The number of carbonyl (C=O) groups is 2. The highest BCUT2D eigenvalue weighted by Crippen LogP contribution is 2.48. The number of piperidine rings is 1. The van der Waals surface area contributed by atoms with E-state index >= 15 is 0 Å². The van der Waals surface area contributed by atoms with Gasteiger partial charge in [-0.15, -0.1) is 0 Å². The molecule has 2 amide bonds. The maximum atomic E-state index is 11.8. The van der Waals surface area contributed by atoms with E-state index < -0.39 is 6.09 Å². The zero-order valence-electron chi connectivity index (χ0n) is 23.0. The van der Waals surface area contributed by atoms with Crippen LogP contribution in [0.2, 0.25) is 10.0 Å². The Hall–Kier alpha value is -3.06. The van der Waals surface area contributed by atoms with E-state index in [4.69, 9.17) is 28.3 Å². The number of rotatable bonds is 7. The van der Waals surface area contributed by atoms with Crippen LogP contribution < -0.4 is 5.32 Å². The summed E-state index contributed by atoms with van der Waals surface area (Å²) < 4.78 is 0. The van der Waals surface area contributed by atoms with Crippen LogP contribution in [0.25, 0.3) is 0 Å². The average molecular weight is 583 g/mol. The van der Waals surface area contributed by atoms with E-state index in [2.05, 4.69) is 46.6 Å². The molecule has 212 valence electrons. The Bertz CT molecular complexity index is 1280. The Morgan fingerprint density at radius 1 is 0.975 bits per heavy atom. The summed E-state index contributed by atoms with van der Waals surface area (Å²) in [5.41, 5.74) is 3.24. The molecule has 2 aliphatic rings. The Labute approximate surface area is 246 Å². The van der Waals surface area contributed by atoms with Crippen molar-refractivity contribution in [2.45, 2.75) is 44.2 Å². The van der Waals surface area contributed by atoms with Crippen LogP contribution in [-0.2, 0) is 16.9 Å². The maximum absolute atomic E-state index is 11.8. The number of likely N-dealkylation sites (tertiary alicyclic amines) is 1. The summed E-state index contributed by atoms with van der Waals surface area (Å²) in [5, 5.41) is 13.3. The molecule has 2 fully saturated rings. The van der Waals surface area contributed by atoms with Crippen LogP contribution in [0.5, 0.6) is 0 Å². The second kappa shape index (κ2) is 13.5. The lowest BCUT2D eigenvalue weighted by Crippen LogP contribution is -2.52. The van der Waals surface area contributed by atoms with Crippen LogP contribution in [0, 0.1) is 5.92 Å². The van der Waals surface area contributed by atoms with Gasteiger partial charge in [-0.2, -0.15) is 0 Å². The third-order valence-corrected chi connectivity index (χ3v) is 8.48. The molecule has 3 aromatic carbocycles. The second-order valence-corrected chi connectivity index (χ2v) is 11.7. The van der Waals surface area contributed by atoms with Gasteiger partial charge >= 0.3 is 6.09 Å². The van der Waals surface area contributed by atoms with Crippen LogP contribution in [0.3, 0.4) is 0 Å². The van der Waals surface area contributed by atoms with E-state index in [9.17, 15) is 9.59 Å². The second-order valence-electron chi connectivity index (χ2n) is 10.8. The molecule has 8 heteroatoms. The Morgan fingerprint density at radius 3 is 2.20 bits per heavy atom. The first-order chi connectivity index (χ1) is 19.2. The highest BCUT2D eigenvalue weighted by atomic mass is 35.5. The molecule has 0 aromatic heterocycles. The van der Waals surface area contributed by atoms with Gasteiger partial charge in [0.2, 0.25) is 5.91 Å². The van der Waals surface area contributed by atoms with Crippen molar-refractivity contribution in [2.75, 3.05) is 26.7 Å². The van der Waals surface area contributed by atoms with Gasteiger partial charge in [-0.1, -0.05) is 83.9 Å². The quantitative estimate of drug-likeness (QED) is 0.314. The normalized spacial score (nSPS) is 19.6. The number of nitrogens with zero attached hydrogens (tertiary/aromatic N) is 2. The fraction of sp³-hybridized carbons (Fsp3) is 0.375. The molecule has 0 unspecified atom stereocenters. The predicted molar refractivity (Wildman–Crippen MR) is 161 cm³/mol. The molecular formula is C32H37Cl2N3O3. The molecule has 1 saturated heterocycles.